The number of carbonyl (C=O) groups excluding carboxylic acids is 1. The number of nitrogens with one attached hydrogen (secondary N) is 1. The van der Waals surface area contributed by atoms with Crippen LogP contribution < -0.4 is 5.32 Å². The number of rotatable bonds is 3. The highest BCUT2D eigenvalue weighted by molar-refractivity contribution is 6.29. The molecule has 1 aromatic rings. The summed E-state index contributed by atoms with van der Waals surface area (Å²) >= 11 is 5.44. The quantitative estimate of drug-likeness (QED) is 0.809. The van der Waals surface area contributed by atoms with Crippen molar-refractivity contribution >= 4 is 23.2 Å². The number of amides is 1. The van der Waals surface area contributed by atoms with Crippen LogP contribution >= 0.6 is 11.6 Å². The Morgan fingerprint density at radius 2 is 2.13 bits per heavy atom. The summed E-state index contributed by atoms with van der Waals surface area (Å²) in [5.74, 6) is -0.239. The number of alkyl halides is 1. The van der Waals surface area contributed by atoms with Crippen molar-refractivity contribution in [3.05, 3.63) is 11.4 Å². The number of halogens is 1. The van der Waals surface area contributed by atoms with Gasteiger partial charge in [-0.15, -0.1) is 11.6 Å². The number of hydrogen-bond acceptors (Lipinski definition) is 2. The molecular formula is C10H16ClN3O. The molecule has 0 bridgehead atoms. The third-order valence-electron chi connectivity index (χ3n) is 2.20. The van der Waals surface area contributed by atoms with Crippen LogP contribution in [-0.2, 0) is 4.79 Å². The van der Waals surface area contributed by atoms with Crippen molar-refractivity contribution in [1.82, 2.24) is 9.78 Å². The molecule has 0 saturated carbocycles. The van der Waals surface area contributed by atoms with Gasteiger partial charge in [-0.1, -0.05) is 0 Å². The van der Waals surface area contributed by atoms with Crippen molar-refractivity contribution in [3.8, 4) is 0 Å². The summed E-state index contributed by atoms with van der Waals surface area (Å²) in [4.78, 5) is 11.2. The zero-order valence-corrected chi connectivity index (χ0v) is 10.2. The van der Waals surface area contributed by atoms with Crippen LogP contribution in [0.2, 0.25) is 0 Å². The summed E-state index contributed by atoms with van der Waals surface area (Å²) in [5.41, 5.74) is 2.55. The number of nitrogens with zero attached hydrogens (tertiary/aromatic N) is 2. The minimum Gasteiger partial charge on any atom is -0.322 e. The normalized spacial score (nSPS) is 10.8. The van der Waals surface area contributed by atoms with E-state index in [1.165, 1.54) is 0 Å². The fourth-order valence-electron chi connectivity index (χ4n) is 1.52. The van der Waals surface area contributed by atoms with Crippen molar-refractivity contribution in [2.45, 2.75) is 33.7 Å². The van der Waals surface area contributed by atoms with Gasteiger partial charge in [-0.25, -0.2) is 0 Å². The first-order chi connectivity index (χ1) is 6.97. The third-order valence-corrected chi connectivity index (χ3v) is 2.44. The van der Waals surface area contributed by atoms with Crippen LogP contribution in [0.1, 0.15) is 31.3 Å². The largest absolute Gasteiger partial charge is 0.322 e. The molecule has 84 valence electrons. The molecule has 0 spiro atoms. The second kappa shape index (κ2) is 4.66. The van der Waals surface area contributed by atoms with E-state index in [2.05, 4.69) is 10.4 Å². The van der Waals surface area contributed by atoms with Gasteiger partial charge in [0.25, 0.3) is 0 Å². The number of anilines is 1. The van der Waals surface area contributed by atoms with Gasteiger partial charge >= 0.3 is 0 Å². The lowest BCUT2D eigenvalue weighted by molar-refractivity contribution is -0.113. The predicted molar refractivity (Wildman–Crippen MR) is 61.4 cm³/mol. The molecule has 0 saturated heterocycles. The van der Waals surface area contributed by atoms with Crippen molar-refractivity contribution in [3.63, 3.8) is 0 Å². The molecule has 4 nitrogen and oxygen atoms in total. The summed E-state index contributed by atoms with van der Waals surface area (Å²) < 4.78 is 1.89. The SMILES string of the molecule is Cc1nn(C(C)C)c(C)c1NC(=O)CCl. The first-order valence-corrected chi connectivity index (χ1v) is 5.42. The molecule has 0 unspecified atom stereocenters. The monoisotopic (exact) mass is 229 g/mol. The van der Waals surface area contributed by atoms with Crippen molar-refractivity contribution in [1.29, 1.82) is 0 Å². The Labute approximate surface area is 94.6 Å². The molecule has 15 heavy (non-hydrogen) atoms. The van der Waals surface area contributed by atoms with Gasteiger partial charge in [0.15, 0.2) is 0 Å². The molecule has 0 aliphatic rings. The Morgan fingerprint density at radius 3 is 2.53 bits per heavy atom. The Hall–Kier alpha value is -1.03. The summed E-state index contributed by atoms with van der Waals surface area (Å²) in [6, 6.07) is 0.283. The molecule has 0 atom stereocenters. The van der Waals surface area contributed by atoms with E-state index in [1.54, 1.807) is 0 Å². The van der Waals surface area contributed by atoms with Crippen LogP contribution in [0.3, 0.4) is 0 Å². The van der Waals surface area contributed by atoms with Crippen LogP contribution in [0.15, 0.2) is 0 Å². The summed E-state index contributed by atoms with van der Waals surface area (Å²) in [6.07, 6.45) is 0. The minimum atomic E-state index is -0.203. The van der Waals surface area contributed by atoms with Crippen LogP contribution in [0.4, 0.5) is 5.69 Å². The molecule has 0 aromatic carbocycles. The van der Waals surface area contributed by atoms with E-state index in [9.17, 15) is 4.79 Å². The zero-order chi connectivity index (χ0) is 11.6. The lowest BCUT2D eigenvalue weighted by Crippen LogP contribution is -2.14. The maximum Gasteiger partial charge on any atom is 0.239 e. The van der Waals surface area contributed by atoms with E-state index in [4.69, 9.17) is 11.6 Å². The molecule has 1 amide bonds. The molecule has 0 aliphatic heterocycles. The summed E-state index contributed by atoms with van der Waals surface area (Å²) in [6.45, 7) is 7.90. The predicted octanol–water partition coefficient (Wildman–Crippen LogP) is 2.26. The van der Waals surface area contributed by atoms with E-state index in [1.807, 2.05) is 32.4 Å². The third kappa shape index (κ3) is 2.50. The lowest BCUT2D eigenvalue weighted by atomic mass is 10.3. The average molecular weight is 230 g/mol. The van der Waals surface area contributed by atoms with E-state index in [-0.39, 0.29) is 17.8 Å². The van der Waals surface area contributed by atoms with E-state index in [0.717, 1.165) is 17.1 Å². The number of carbonyl (C=O) groups is 1. The minimum absolute atomic E-state index is 0.0360. The van der Waals surface area contributed by atoms with E-state index >= 15 is 0 Å². The van der Waals surface area contributed by atoms with Crippen LogP contribution in [0, 0.1) is 13.8 Å². The zero-order valence-electron chi connectivity index (χ0n) is 9.47. The number of aromatic nitrogens is 2. The molecule has 0 fully saturated rings. The summed E-state index contributed by atoms with van der Waals surface area (Å²) in [5, 5.41) is 7.11. The molecule has 1 rings (SSSR count). The topological polar surface area (TPSA) is 46.9 Å². The number of hydrogen-bond donors (Lipinski definition) is 1. The van der Waals surface area contributed by atoms with Crippen LogP contribution in [0.25, 0.3) is 0 Å². The van der Waals surface area contributed by atoms with Gasteiger partial charge in [0.05, 0.1) is 17.1 Å². The second-order valence-corrected chi connectivity index (χ2v) is 4.03. The smallest absolute Gasteiger partial charge is 0.239 e. The number of aryl methyl sites for hydroxylation is 1. The van der Waals surface area contributed by atoms with Gasteiger partial charge < -0.3 is 5.32 Å². The van der Waals surface area contributed by atoms with Crippen molar-refractivity contribution in [2.24, 2.45) is 0 Å². The van der Waals surface area contributed by atoms with Gasteiger partial charge in [0, 0.05) is 6.04 Å². The second-order valence-electron chi connectivity index (χ2n) is 3.77. The van der Waals surface area contributed by atoms with Gasteiger partial charge in [-0.3, -0.25) is 9.48 Å². The molecule has 1 N–H and O–H groups in total. The fraction of sp³-hybridized carbons (Fsp3) is 0.600. The average Bonchev–Trinajstić information content (AvgIpc) is 2.45. The Balaban J connectivity index is 3.03. The van der Waals surface area contributed by atoms with Crippen LogP contribution in [-0.4, -0.2) is 21.6 Å². The highest BCUT2D eigenvalue weighted by Crippen LogP contribution is 2.22. The van der Waals surface area contributed by atoms with Crippen molar-refractivity contribution < 1.29 is 4.79 Å². The van der Waals surface area contributed by atoms with Gasteiger partial charge in [-0.05, 0) is 27.7 Å². The van der Waals surface area contributed by atoms with Crippen LogP contribution in [0.5, 0.6) is 0 Å². The molecule has 0 aliphatic carbocycles. The Bertz CT molecular complexity index is 371. The molecule has 0 radical (unpaired) electrons. The summed E-state index contributed by atoms with van der Waals surface area (Å²) in [7, 11) is 0. The Kier molecular flexibility index (Phi) is 3.74. The maximum atomic E-state index is 11.2. The standard InChI is InChI=1S/C10H16ClN3O/c1-6(2)14-8(4)10(7(3)13-14)12-9(15)5-11/h6H,5H2,1-4H3,(H,12,15). The van der Waals surface area contributed by atoms with Crippen molar-refractivity contribution in [2.75, 3.05) is 11.2 Å². The lowest BCUT2D eigenvalue weighted by Gasteiger charge is -2.08. The molecule has 5 heteroatoms. The highest BCUT2D eigenvalue weighted by atomic mass is 35.5. The first-order valence-electron chi connectivity index (χ1n) is 4.89. The fourth-order valence-corrected chi connectivity index (χ4v) is 1.59. The maximum absolute atomic E-state index is 11.2. The highest BCUT2D eigenvalue weighted by Gasteiger charge is 2.14. The molecule has 1 aromatic heterocycles. The van der Waals surface area contributed by atoms with E-state index in [0.29, 0.717) is 0 Å². The van der Waals surface area contributed by atoms with E-state index < -0.39 is 0 Å². The van der Waals surface area contributed by atoms with Gasteiger partial charge in [0.2, 0.25) is 5.91 Å². The van der Waals surface area contributed by atoms with Gasteiger partial charge in [-0.2, -0.15) is 5.10 Å². The van der Waals surface area contributed by atoms with Gasteiger partial charge in [0.1, 0.15) is 5.88 Å². The first kappa shape index (κ1) is 12.0. The Morgan fingerprint density at radius 1 is 1.53 bits per heavy atom. The molecular weight excluding hydrogens is 214 g/mol. The molecule has 1 heterocycles.